The van der Waals surface area contributed by atoms with Gasteiger partial charge in [-0.25, -0.2) is 4.98 Å². The van der Waals surface area contributed by atoms with Crippen molar-refractivity contribution in [2.24, 2.45) is 5.73 Å². The van der Waals surface area contributed by atoms with E-state index < -0.39 is 0 Å². The van der Waals surface area contributed by atoms with Crippen molar-refractivity contribution in [1.82, 2.24) is 4.98 Å². The lowest BCUT2D eigenvalue weighted by atomic mass is 10.2. The normalized spacial score (nSPS) is 12.9. The molecule has 2 N–H and O–H groups in total. The molecule has 0 aliphatic heterocycles. The SMILES string of the molecule is COCCC(N)c1csc(N(C)C)n1. The molecule has 5 heteroatoms. The average molecular weight is 215 g/mol. The molecule has 1 aromatic heterocycles. The summed E-state index contributed by atoms with van der Waals surface area (Å²) in [6, 6.07) is -0.0140. The van der Waals surface area contributed by atoms with Gasteiger partial charge in [0.15, 0.2) is 5.13 Å². The predicted octanol–water partition coefficient (Wildman–Crippen LogP) is 1.25. The largest absolute Gasteiger partial charge is 0.385 e. The van der Waals surface area contributed by atoms with E-state index >= 15 is 0 Å². The summed E-state index contributed by atoms with van der Waals surface area (Å²) in [7, 11) is 5.63. The molecule has 1 aromatic rings. The van der Waals surface area contributed by atoms with E-state index in [0.717, 1.165) is 17.2 Å². The van der Waals surface area contributed by atoms with Gasteiger partial charge < -0.3 is 15.4 Å². The highest BCUT2D eigenvalue weighted by molar-refractivity contribution is 7.13. The van der Waals surface area contributed by atoms with Crippen LogP contribution in [0.2, 0.25) is 0 Å². The van der Waals surface area contributed by atoms with E-state index in [0.29, 0.717) is 6.61 Å². The van der Waals surface area contributed by atoms with Gasteiger partial charge in [-0.3, -0.25) is 0 Å². The fourth-order valence-corrected chi connectivity index (χ4v) is 1.87. The second kappa shape index (κ2) is 5.29. The maximum atomic E-state index is 5.94. The molecule has 0 bridgehead atoms. The van der Waals surface area contributed by atoms with E-state index in [4.69, 9.17) is 10.5 Å². The number of methoxy groups -OCH3 is 1. The highest BCUT2D eigenvalue weighted by Crippen LogP contribution is 2.22. The summed E-state index contributed by atoms with van der Waals surface area (Å²) in [6.07, 6.45) is 0.813. The Morgan fingerprint density at radius 1 is 1.64 bits per heavy atom. The van der Waals surface area contributed by atoms with Crippen LogP contribution in [0.25, 0.3) is 0 Å². The highest BCUT2D eigenvalue weighted by Gasteiger charge is 2.10. The van der Waals surface area contributed by atoms with Gasteiger partial charge in [0, 0.05) is 33.2 Å². The van der Waals surface area contributed by atoms with Gasteiger partial charge >= 0.3 is 0 Å². The number of aromatic nitrogens is 1. The first-order valence-electron chi connectivity index (χ1n) is 4.52. The van der Waals surface area contributed by atoms with E-state index in [1.165, 1.54) is 0 Å². The van der Waals surface area contributed by atoms with Gasteiger partial charge in [-0.15, -0.1) is 11.3 Å². The Morgan fingerprint density at radius 3 is 2.86 bits per heavy atom. The molecule has 0 saturated carbocycles. The van der Waals surface area contributed by atoms with Crippen LogP contribution >= 0.6 is 11.3 Å². The van der Waals surface area contributed by atoms with Crippen molar-refractivity contribution in [2.45, 2.75) is 12.5 Å². The summed E-state index contributed by atoms with van der Waals surface area (Å²) in [5, 5.41) is 3.00. The van der Waals surface area contributed by atoms with Crippen molar-refractivity contribution < 1.29 is 4.74 Å². The molecule has 0 amide bonds. The maximum absolute atomic E-state index is 5.94. The van der Waals surface area contributed by atoms with Crippen LogP contribution in [0.4, 0.5) is 5.13 Å². The Kier molecular flexibility index (Phi) is 4.31. The second-order valence-corrected chi connectivity index (χ2v) is 4.17. The van der Waals surface area contributed by atoms with Crippen LogP contribution in [0.5, 0.6) is 0 Å². The highest BCUT2D eigenvalue weighted by atomic mass is 32.1. The molecule has 80 valence electrons. The standard InChI is InChI=1S/C9H17N3OS/c1-12(2)9-11-8(6-14-9)7(10)4-5-13-3/h6-7H,4-5,10H2,1-3H3. The molecule has 4 nitrogen and oxygen atoms in total. The van der Waals surface area contributed by atoms with Crippen LogP contribution in [0.15, 0.2) is 5.38 Å². The molecule has 0 aliphatic carbocycles. The zero-order valence-corrected chi connectivity index (χ0v) is 9.67. The summed E-state index contributed by atoms with van der Waals surface area (Å²) in [5.41, 5.74) is 6.89. The van der Waals surface area contributed by atoms with Crippen molar-refractivity contribution in [2.75, 3.05) is 32.7 Å². The second-order valence-electron chi connectivity index (χ2n) is 3.34. The van der Waals surface area contributed by atoms with Crippen LogP contribution in [-0.4, -0.2) is 32.8 Å². The van der Waals surface area contributed by atoms with E-state index in [9.17, 15) is 0 Å². The molecule has 0 spiro atoms. The minimum absolute atomic E-state index is 0.0140. The third-order valence-corrected chi connectivity index (χ3v) is 2.93. The number of anilines is 1. The molecule has 0 radical (unpaired) electrons. The number of hydrogen-bond acceptors (Lipinski definition) is 5. The van der Waals surface area contributed by atoms with E-state index in [-0.39, 0.29) is 6.04 Å². The number of thiazole rings is 1. The Balaban J connectivity index is 2.57. The van der Waals surface area contributed by atoms with Gasteiger partial charge in [-0.2, -0.15) is 0 Å². The third kappa shape index (κ3) is 2.94. The summed E-state index contributed by atoms with van der Waals surface area (Å²) in [4.78, 5) is 6.41. The van der Waals surface area contributed by atoms with Crippen molar-refractivity contribution in [3.8, 4) is 0 Å². The summed E-state index contributed by atoms with van der Waals surface area (Å²) in [5.74, 6) is 0. The minimum Gasteiger partial charge on any atom is -0.385 e. The quantitative estimate of drug-likeness (QED) is 0.803. The van der Waals surface area contributed by atoms with Crippen LogP contribution < -0.4 is 10.6 Å². The number of ether oxygens (including phenoxy) is 1. The van der Waals surface area contributed by atoms with Crippen molar-refractivity contribution in [1.29, 1.82) is 0 Å². The molecule has 1 rings (SSSR count). The fourth-order valence-electron chi connectivity index (χ4n) is 1.04. The van der Waals surface area contributed by atoms with Crippen LogP contribution in [0.3, 0.4) is 0 Å². The van der Waals surface area contributed by atoms with E-state index in [1.807, 2.05) is 24.4 Å². The molecule has 0 saturated heterocycles. The van der Waals surface area contributed by atoms with Crippen LogP contribution in [-0.2, 0) is 4.74 Å². The molecule has 0 aliphatic rings. The molecule has 0 aromatic carbocycles. The Morgan fingerprint density at radius 2 is 2.36 bits per heavy atom. The monoisotopic (exact) mass is 215 g/mol. The van der Waals surface area contributed by atoms with E-state index in [1.54, 1.807) is 18.4 Å². The van der Waals surface area contributed by atoms with Gasteiger partial charge in [0.25, 0.3) is 0 Å². The van der Waals surface area contributed by atoms with Gasteiger partial charge in [0.1, 0.15) is 0 Å². The molecule has 1 unspecified atom stereocenters. The molecule has 1 atom stereocenters. The number of rotatable bonds is 5. The zero-order chi connectivity index (χ0) is 10.6. The lowest BCUT2D eigenvalue weighted by molar-refractivity contribution is 0.188. The van der Waals surface area contributed by atoms with Crippen LogP contribution in [0, 0.1) is 0 Å². The smallest absolute Gasteiger partial charge is 0.185 e. The van der Waals surface area contributed by atoms with Gasteiger partial charge in [-0.05, 0) is 6.42 Å². The van der Waals surface area contributed by atoms with Crippen molar-refractivity contribution >= 4 is 16.5 Å². The fraction of sp³-hybridized carbons (Fsp3) is 0.667. The molecule has 14 heavy (non-hydrogen) atoms. The summed E-state index contributed by atoms with van der Waals surface area (Å²) in [6.45, 7) is 0.677. The van der Waals surface area contributed by atoms with E-state index in [2.05, 4.69) is 4.98 Å². The minimum atomic E-state index is -0.0140. The summed E-state index contributed by atoms with van der Waals surface area (Å²) < 4.78 is 4.97. The predicted molar refractivity (Wildman–Crippen MR) is 59.9 cm³/mol. The lowest BCUT2D eigenvalue weighted by Crippen LogP contribution is -2.14. The number of nitrogens with zero attached hydrogens (tertiary/aromatic N) is 2. The molecular weight excluding hydrogens is 198 g/mol. The summed E-state index contributed by atoms with van der Waals surface area (Å²) >= 11 is 1.61. The molecular formula is C9H17N3OS. The lowest BCUT2D eigenvalue weighted by Gasteiger charge is -2.08. The number of nitrogens with two attached hydrogens (primary N) is 1. The van der Waals surface area contributed by atoms with Gasteiger partial charge in [-0.1, -0.05) is 0 Å². The first kappa shape index (κ1) is 11.4. The van der Waals surface area contributed by atoms with Crippen molar-refractivity contribution in [3.05, 3.63) is 11.1 Å². The van der Waals surface area contributed by atoms with Gasteiger partial charge in [0.05, 0.1) is 11.7 Å². The van der Waals surface area contributed by atoms with Crippen LogP contribution in [0.1, 0.15) is 18.2 Å². The maximum Gasteiger partial charge on any atom is 0.185 e. The Labute approximate surface area is 88.7 Å². The molecule has 0 fully saturated rings. The van der Waals surface area contributed by atoms with Crippen molar-refractivity contribution in [3.63, 3.8) is 0 Å². The Hall–Kier alpha value is -0.650. The van der Waals surface area contributed by atoms with Gasteiger partial charge in [0.2, 0.25) is 0 Å². The zero-order valence-electron chi connectivity index (χ0n) is 8.86. The first-order chi connectivity index (χ1) is 6.65. The topological polar surface area (TPSA) is 51.4 Å². The Bertz CT molecular complexity index is 275. The average Bonchev–Trinajstić information content (AvgIpc) is 2.62. The number of hydrogen-bond donors (Lipinski definition) is 1. The third-order valence-electron chi connectivity index (χ3n) is 1.91. The first-order valence-corrected chi connectivity index (χ1v) is 5.40. The molecule has 1 heterocycles.